The maximum Gasteiger partial charge on any atom is 0.261 e. The van der Waals surface area contributed by atoms with E-state index < -0.39 is 0 Å². The molecule has 1 amide bonds. The topological polar surface area (TPSA) is 29.1 Å². The zero-order chi connectivity index (χ0) is 11.6. The summed E-state index contributed by atoms with van der Waals surface area (Å²) in [4.78, 5) is 12.8. The highest BCUT2D eigenvalue weighted by Crippen LogP contribution is 2.45. The predicted octanol–water partition coefficient (Wildman–Crippen LogP) is 3.06. The first-order chi connectivity index (χ1) is 7.71. The van der Waals surface area contributed by atoms with Gasteiger partial charge in [-0.3, -0.25) is 4.79 Å². The molecule has 0 spiro atoms. The van der Waals surface area contributed by atoms with Gasteiger partial charge in [0.1, 0.15) is 0 Å². The van der Waals surface area contributed by atoms with Crippen LogP contribution in [0.1, 0.15) is 35.0 Å². The molecule has 0 aliphatic heterocycles. The van der Waals surface area contributed by atoms with E-state index in [-0.39, 0.29) is 11.3 Å². The minimum atomic E-state index is 0.0586. The van der Waals surface area contributed by atoms with Gasteiger partial charge in [-0.25, -0.2) is 0 Å². The minimum absolute atomic E-state index is 0.0586. The summed E-state index contributed by atoms with van der Waals surface area (Å²) in [6.45, 7) is 2.79. The average molecular weight is 258 g/mol. The molecule has 4 heteroatoms. The van der Waals surface area contributed by atoms with Gasteiger partial charge in [0.05, 0.1) is 4.88 Å². The Morgan fingerprint density at radius 2 is 2.38 bits per heavy atom. The highest BCUT2D eigenvalue weighted by molar-refractivity contribution is 7.12. The lowest BCUT2D eigenvalue weighted by molar-refractivity contribution is 0.0949. The van der Waals surface area contributed by atoms with E-state index in [2.05, 4.69) is 12.2 Å². The molecule has 2 rings (SSSR count). The smallest absolute Gasteiger partial charge is 0.261 e. The van der Waals surface area contributed by atoms with Crippen molar-refractivity contribution in [3.8, 4) is 0 Å². The molecular weight excluding hydrogens is 242 g/mol. The molecule has 1 N–H and O–H groups in total. The Morgan fingerprint density at radius 1 is 1.62 bits per heavy atom. The molecule has 0 saturated heterocycles. The van der Waals surface area contributed by atoms with Crippen LogP contribution in [0.15, 0.2) is 11.4 Å². The predicted molar refractivity (Wildman–Crippen MR) is 68.4 cm³/mol. The van der Waals surface area contributed by atoms with Gasteiger partial charge in [-0.05, 0) is 36.3 Å². The number of carbonyl (C=O) groups is 1. The summed E-state index contributed by atoms with van der Waals surface area (Å²) >= 11 is 7.39. The van der Waals surface area contributed by atoms with Crippen LogP contribution in [0.3, 0.4) is 0 Å². The average Bonchev–Trinajstić information content (AvgIpc) is 2.94. The van der Waals surface area contributed by atoms with Gasteiger partial charge in [0.2, 0.25) is 0 Å². The molecule has 0 radical (unpaired) electrons. The lowest BCUT2D eigenvalue weighted by Gasteiger charge is -2.12. The van der Waals surface area contributed by atoms with Gasteiger partial charge in [-0.15, -0.1) is 22.9 Å². The Hall–Kier alpha value is -0.540. The van der Waals surface area contributed by atoms with Crippen LogP contribution in [0.4, 0.5) is 0 Å². The van der Waals surface area contributed by atoms with E-state index in [0.29, 0.717) is 5.88 Å². The fourth-order valence-electron chi connectivity index (χ4n) is 1.70. The van der Waals surface area contributed by atoms with Crippen LogP contribution in [-0.4, -0.2) is 18.3 Å². The van der Waals surface area contributed by atoms with Gasteiger partial charge in [0.15, 0.2) is 0 Å². The number of rotatable bonds is 5. The Balaban J connectivity index is 1.93. The summed E-state index contributed by atoms with van der Waals surface area (Å²) in [6, 6.07) is 2.02. The normalized spacial score (nSPS) is 17.1. The number of hydrogen-bond acceptors (Lipinski definition) is 2. The monoisotopic (exact) mass is 257 g/mol. The molecule has 1 aromatic heterocycles. The van der Waals surface area contributed by atoms with E-state index in [1.54, 1.807) is 0 Å². The van der Waals surface area contributed by atoms with Gasteiger partial charge < -0.3 is 5.32 Å². The van der Waals surface area contributed by atoms with Crippen LogP contribution in [0.2, 0.25) is 0 Å². The second kappa shape index (κ2) is 4.76. The number of halogens is 1. The second-order valence-electron chi connectivity index (χ2n) is 4.44. The van der Waals surface area contributed by atoms with Crippen molar-refractivity contribution < 1.29 is 4.79 Å². The first-order valence-electron chi connectivity index (χ1n) is 5.61. The molecular formula is C12H16ClNOS. The van der Waals surface area contributed by atoms with E-state index in [9.17, 15) is 4.79 Å². The van der Waals surface area contributed by atoms with Crippen molar-refractivity contribution in [1.29, 1.82) is 0 Å². The largest absolute Gasteiger partial charge is 0.351 e. The Kier molecular flexibility index (Phi) is 3.55. The number of thiophene rings is 1. The lowest BCUT2D eigenvalue weighted by Crippen LogP contribution is -2.30. The summed E-state index contributed by atoms with van der Waals surface area (Å²) in [6.07, 6.45) is 3.19. The number of hydrogen-bond donors (Lipinski definition) is 1. The zero-order valence-electron chi connectivity index (χ0n) is 9.38. The number of amides is 1. The maximum absolute atomic E-state index is 11.9. The maximum atomic E-state index is 11.9. The quantitative estimate of drug-likeness (QED) is 0.807. The molecule has 1 heterocycles. The van der Waals surface area contributed by atoms with Crippen molar-refractivity contribution in [2.24, 2.45) is 5.41 Å². The van der Waals surface area contributed by atoms with Gasteiger partial charge >= 0.3 is 0 Å². The molecule has 0 aromatic carbocycles. The van der Waals surface area contributed by atoms with Crippen LogP contribution >= 0.6 is 22.9 Å². The van der Waals surface area contributed by atoms with Crippen LogP contribution < -0.4 is 5.32 Å². The van der Waals surface area contributed by atoms with Crippen LogP contribution in [0, 0.1) is 5.41 Å². The van der Waals surface area contributed by atoms with Gasteiger partial charge in [0.25, 0.3) is 5.91 Å². The fourth-order valence-corrected chi connectivity index (χ4v) is 2.97. The summed E-state index contributed by atoms with van der Waals surface area (Å²) in [5.74, 6) is 0.710. The van der Waals surface area contributed by atoms with E-state index >= 15 is 0 Å². The van der Waals surface area contributed by atoms with Crippen molar-refractivity contribution in [2.75, 3.05) is 12.4 Å². The molecule has 2 nitrogen and oxygen atoms in total. The first-order valence-corrected chi connectivity index (χ1v) is 7.03. The Labute approximate surface area is 105 Å². The molecule has 0 atom stereocenters. The van der Waals surface area contributed by atoms with Gasteiger partial charge in [0, 0.05) is 17.8 Å². The number of nitrogens with one attached hydrogen (secondary N) is 1. The summed E-state index contributed by atoms with van der Waals surface area (Å²) in [7, 11) is 0. The molecule has 16 heavy (non-hydrogen) atoms. The van der Waals surface area contributed by atoms with Gasteiger partial charge in [-0.2, -0.15) is 0 Å². The van der Waals surface area contributed by atoms with E-state index in [1.807, 2.05) is 11.4 Å². The minimum Gasteiger partial charge on any atom is -0.351 e. The van der Waals surface area contributed by atoms with E-state index in [0.717, 1.165) is 36.2 Å². The zero-order valence-corrected chi connectivity index (χ0v) is 11.0. The summed E-state index contributed by atoms with van der Waals surface area (Å²) < 4.78 is 0. The molecule has 0 unspecified atom stereocenters. The van der Waals surface area contributed by atoms with Crippen molar-refractivity contribution in [3.63, 3.8) is 0 Å². The van der Waals surface area contributed by atoms with E-state index in [4.69, 9.17) is 11.6 Å². The van der Waals surface area contributed by atoms with Crippen molar-refractivity contribution in [1.82, 2.24) is 5.32 Å². The van der Waals surface area contributed by atoms with Crippen LogP contribution in [0.5, 0.6) is 0 Å². The third-order valence-electron chi connectivity index (χ3n) is 3.20. The van der Waals surface area contributed by atoms with Crippen molar-refractivity contribution in [3.05, 3.63) is 21.9 Å². The molecule has 1 aliphatic rings. The van der Waals surface area contributed by atoms with E-state index in [1.165, 1.54) is 11.3 Å². The number of aryl methyl sites for hydroxylation is 1. The molecule has 88 valence electrons. The number of alkyl halides is 1. The van der Waals surface area contributed by atoms with Crippen molar-refractivity contribution >= 4 is 28.8 Å². The molecule has 1 saturated carbocycles. The Bertz CT molecular complexity index is 384. The van der Waals surface area contributed by atoms with Crippen LogP contribution in [0.25, 0.3) is 0 Å². The number of carbonyl (C=O) groups excluding carboxylic acids is 1. The molecule has 0 bridgehead atoms. The first kappa shape index (κ1) is 11.9. The van der Waals surface area contributed by atoms with Gasteiger partial charge in [-0.1, -0.05) is 6.92 Å². The summed E-state index contributed by atoms with van der Waals surface area (Å²) in [5, 5.41) is 4.97. The summed E-state index contributed by atoms with van der Waals surface area (Å²) in [5.41, 5.74) is 1.33. The Morgan fingerprint density at radius 3 is 2.94 bits per heavy atom. The molecule has 1 fully saturated rings. The SMILES string of the molecule is CCc1ccsc1C(=O)NCC1(CCl)CC1. The van der Waals surface area contributed by atoms with Crippen LogP contribution in [-0.2, 0) is 6.42 Å². The molecule has 1 aromatic rings. The fraction of sp³-hybridized carbons (Fsp3) is 0.583. The highest BCUT2D eigenvalue weighted by atomic mass is 35.5. The standard InChI is InChI=1S/C12H16ClNOS/c1-2-9-3-6-16-10(9)11(15)14-8-12(7-13)4-5-12/h3,6H,2,4-5,7-8H2,1H3,(H,14,15). The second-order valence-corrected chi connectivity index (χ2v) is 5.63. The third-order valence-corrected chi connectivity index (χ3v) is 4.72. The lowest BCUT2D eigenvalue weighted by atomic mass is 10.1. The highest BCUT2D eigenvalue weighted by Gasteiger charge is 2.41. The third kappa shape index (κ3) is 2.41. The molecule has 1 aliphatic carbocycles. The van der Waals surface area contributed by atoms with Crippen molar-refractivity contribution in [2.45, 2.75) is 26.2 Å².